The minimum atomic E-state index is -3.95. The zero-order valence-corrected chi connectivity index (χ0v) is 18.1. The molecule has 0 saturated heterocycles. The highest BCUT2D eigenvalue weighted by Crippen LogP contribution is 2.36. The second-order valence-corrected chi connectivity index (χ2v) is 9.29. The lowest BCUT2D eigenvalue weighted by molar-refractivity contribution is 0.582. The minimum absolute atomic E-state index is 0.00665. The van der Waals surface area contributed by atoms with Gasteiger partial charge in [-0.3, -0.25) is 0 Å². The SMILES string of the molecule is Cc1ccc(S(=O)(=O)c2nc(-c3ccccc3Cl)oc2Nc2ccc(Cl)cc2)cc1. The molecule has 152 valence electrons. The van der Waals surface area contributed by atoms with E-state index in [9.17, 15) is 8.42 Å². The molecule has 1 aromatic heterocycles. The molecule has 0 bridgehead atoms. The summed E-state index contributed by atoms with van der Waals surface area (Å²) in [6, 6.07) is 20.3. The molecule has 0 atom stereocenters. The summed E-state index contributed by atoms with van der Waals surface area (Å²) in [7, 11) is -3.95. The normalized spacial score (nSPS) is 11.4. The van der Waals surface area contributed by atoms with Crippen molar-refractivity contribution in [3.8, 4) is 11.5 Å². The van der Waals surface area contributed by atoms with E-state index in [1.54, 1.807) is 72.8 Å². The van der Waals surface area contributed by atoms with Crippen LogP contribution in [-0.2, 0) is 9.84 Å². The summed E-state index contributed by atoms with van der Waals surface area (Å²) in [6.07, 6.45) is 0. The molecule has 1 heterocycles. The van der Waals surface area contributed by atoms with Crippen LogP contribution in [0, 0.1) is 6.92 Å². The quantitative estimate of drug-likeness (QED) is 0.367. The molecular weight excluding hydrogens is 443 g/mol. The van der Waals surface area contributed by atoms with Crippen molar-refractivity contribution < 1.29 is 12.8 Å². The van der Waals surface area contributed by atoms with E-state index in [4.69, 9.17) is 27.6 Å². The molecule has 0 aliphatic carbocycles. The first kappa shape index (κ1) is 20.5. The number of oxazole rings is 1. The van der Waals surface area contributed by atoms with Crippen molar-refractivity contribution in [2.75, 3.05) is 5.32 Å². The van der Waals surface area contributed by atoms with Gasteiger partial charge in [0.15, 0.2) is 0 Å². The van der Waals surface area contributed by atoms with E-state index in [0.717, 1.165) is 5.56 Å². The Kier molecular flexibility index (Phi) is 5.56. The number of aryl methyl sites for hydroxylation is 1. The van der Waals surface area contributed by atoms with Gasteiger partial charge in [-0.05, 0) is 55.5 Å². The van der Waals surface area contributed by atoms with Crippen molar-refractivity contribution in [3.63, 3.8) is 0 Å². The van der Waals surface area contributed by atoms with Gasteiger partial charge < -0.3 is 9.73 Å². The monoisotopic (exact) mass is 458 g/mol. The molecule has 0 spiro atoms. The van der Waals surface area contributed by atoms with E-state index in [2.05, 4.69) is 10.3 Å². The molecule has 0 aliphatic rings. The predicted octanol–water partition coefficient (Wildman–Crippen LogP) is 6.53. The Labute approximate surface area is 184 Å². The summed E-state index contributed by atoms with van der Waals surface area (Å²) < 4.78 is 32.5. The Morgan fingerprint density at radius 2 is 1.57 bits per heavy atom. The summed E-state index contributed by atoms with van der Waals surface area (Å²) in [4.78, 5) is 4.41. The zero-order valence-electron chi connectivity index (χ0n) is 15.8. The second kappa shape index (κ2) is 8.14. The Morgan fingerprint density at radius 1 is 0.900 bits per heavy atom. The lowest BCUT2D eigenvalue weighted by Gasteiger charge is -2.06. The highest BCUT2D eigenvalue weighted by molar-refractivity contribution is 7.91. The van der Waals surface area contributed by atoms with Crippen LogP contribution in [0.1, 0.15) is 5.56 Å². The molecule has 0 radical (unpaired) electrons. The van der Waals surface area contributed by atoms with Crippen molar-refractivity contribution in [1.29, 1.82) is 0 Å². The fourth-order valence-corrected chi connectivity index (χ4v) is 4.41. The van der Waals surface area contributed by atoms with Crippen molar-refractivity contribution in [3.05, 3.63) is 88.4 Å². The van der Waals surface area contributed by atoms with Crippen LogP contribution in [0.5, 0.6) is 0 Å². The number of benzene rings is 3. The predicted molar refractivity (Wildman–Crippen MR) is 118 cm³/mol. The first-order valence-electron chi connectivity index (χ1n) is 8.95. The highest BCUT2D eigenvalue weighted by atomic mass is 35.5. The molecule has 1 N–H and O–H groups in total. The number of nitrogens with zero attached hydrogens (tertiary/aromatic N) is 1. The molecule has 0 fully saturated rings. The first-order valence-corrected chi connectivity index (χ1v) is 11.2. The number of aromatic nitrogens is 1. The van der Waals surface area contributed by atoms with Gasteiger partial charge in [0.2, 0.25) is 26.6 Å². The molecule has 0 unspecified atom stereocenters. The van der Waals surface area contributed by atoms with E-state index in [1.807, 2.05) is 6.92 Å². The third-order valence-electron chi connectivity index (χ3n) is 4.39. The number of anilines is 2. The molecule has 4 rings (SSSR count). The lowest BCUT2D eigenvalue weighted by Crippen LogP contribution is -2.05. The van der Waals surface area contributed by atoms with Crippen LogP contribution in [0.25, 0.3) is 11.5 Å². The van der Waals surface area contributed by atoms with Crippen LogP contribution in [0.2, 0.25) is 10.0 Å². The molecule has 0 saturated carbocycles. The lowest BCUT2D eigenvalue weighted by atomic mass is 10.2. The van der Waals surface area contributed by atoms with Crippen molar-refractivity contribution >= 4 is 44.6 Å². The van der Waals surface area contributed by atoms with E-state index in [0.29, 0.717) is 21.3 Å². The van der Waals surface area contributed by atoms with Crippen molar-refractivity contribution in [2.24, 2.45) is 0 Å². The van der Waals surface area contributed by atoms with Crippen LogP contribution < -0.4 is 5.32 Å². The first-order chi connectivity index (χ1) is 14.3. The zero-order chi connectivity index (χ0) is 21.3. The summed E-state index contributed by atoms with van der Waals surface area (Å²) in [5.74, 6) is 0.0931. The summed E-state index contributed by atoms with van der Waals surface area (Å²) >= 11 is 12.2. The Hall–Kier alpha value is -2.80. The molecular formula is C22H16Cl2N2O3S. The van der Waals surface area contributed by atoms with E-state index in [-0.39, 0.29) is 21.7 Å². The number of halogens is 2. The summed E-state index contributed by atoms with van der Waals surface area (Å²) in [5, 5.41) is 3.72. The number of rotatable bonds is 5. The Balaban J connectivity index is 1.85. The third kappa shape index (κ3) is 4.07. The van der Waals surface area contributed by atoms with Crippen LogP contribution in [0.4, 0.5) is 11.6 Å². The van der Waals surface area contributed by atoms with Gasteiger partial charge in [0.25, 0.3) is 0 Å². The fourth-order valence-electron chi connectivity index (χ4n) is 2.81. The van der Waals surface area contributed by atoms with Gasteiger partial charge in [-0.2, -0.15) is 4.98 Å². The Bertz CT molecular complexity index is 1300. The van der Waals surface area contributed by atoms with Crippen molar-refractivity contribution in [1.82, 2.24) is 4.98 Å². The fraction of sp³-hybridized carbons (Fsp3) is 0.0455. The van der Waals surface area contributed by atoms with Crippen LogP contribution in [-0.4, -0.2) is 13.4 Å². The van der Waals surface area contributed by atoms with Crippen molar-refractivity contribution in [2.45, 2.75) is 16.8 Å². The van der Waals surface area contributed by atoms with Gasteiger partial charge in [-0.15, -0.1) is 0 Å². The Morgan fingerprint density at radius 3 is 2.23 bits per heavy atom. The maximum absolute atomic E-state index is 13.3. The number of nitrogens with one attached hydrogen (secondary N) is 1. The average molecular weight is 459 g/mol. The van der Waals surface area contributed by atoms with Crippen LogP contribution >= 0.6 is 23.2 Å². The number of hydrogen-bond donors (Lipinski definition) is 1. The average Bonchev–Trinajstić information content (AvgIpc) is 3.15. The van der Waals surface area contributed by atoms with E-state index in [1.165, 1.54) is 0 Å². The van der Waals surface area contributed by atoms with Gasteiger partial charge in [-0.25, -0.2) is 8.42 Å². The number of hydrogen-bond acceptors (Lipinski definition) is 5. The molecule has 3 aromatic carbocycles. The van der Waals surface area contributed by atoms with Gasteiger partial charge in [-0.1, -0.05) is 53.0 Å². The van der Waals surface area contributed by atoms with Gasteiger partial charge in [0, 0.05) is 10.7 Å². The van der Waals surface area contributed by atoms with E-state index < -0.39 is 9.84 Å². The minimum Gasteiger partial charge on any atom is -0.419 e. The largest absolute Gasteiger partial charge is 0.419 e. The van der Waals surface area contributed by atoms with Gasteiger partial charge >= 0.3 is 0 Å². The second-order valence-electron chi connectivity index (χ2n) is 6.58. The topological polar surface area (TPSA) is 72.2 Å². The summed E-state index contributed by atoms with van der Waals surface area (Å²) in [5.41, 5.74) is 2.04. The van der Waals surface area contributed by atoms with Gasteiger partial charge in [0.05, 0.1) is 15.5 Å². The molecule has 0 aliphatic heterocycles. The van der Waals surface area contributed by atoms with Gasteiger partial charge in [0.1, 0.15) is 0 Å². The number of sulfone groups is 1. The smallest absolute Gasteiger partial charge is 0.238 e. The molecule has 4 aromatic rings. The maximum Gasteiger partial charge on any atom is 0.238 e. The molecule has 8 heteroatoms. The van der Waals surface area contributed by atoms with E-state index >= 15 is 0 Å². The molecule has 0 amide bonds. The van der Waals surface area contributed by atoms with Crippen LogP contribution in [0.15, 0.2) is 87.1 Å². The van der Waals surface area contributed by atoms with Crippen LogP contribution in [0.3, 0.4) is 0 Å². The molecule has 5 nitrogen and oxygen atoms in total. The standard InChI is InChI=1S/C22H16Cl2N2O3S/c1-14-6-12-17(13-7-14)30(27,28)22-21(25-16-10-8-15(23)9-11-16)29-20(26-22)18-4-2-3-5-19(18)24/h2-13,25H,1H3. The maximum atomic E-state index is 13.3. The third-order valence-corrected chi connectivity index (χ3v) is 6.65. The highest BCUT2D eigenvalue weighted by Gasteiger charge is 2.29. The molecule has 30 heavy (non-hydrogen) atoms. The summed E-state index contributed by atoms with van der Waals surface area (Å²) in [6.45, 7) is 1.88.